The quantitative estimate of drug-likeness (QED) is 0.711. The lowest BCUT2D eigenvalue weighted by Gasteiger charge is -2.32. The van der Waals surface area contributed by atoms with Gasteiger partial charge in [0.1, 0.15) is 0 Å². The van der Waals surface area contributed by atoms with E-state index in [9.17, 15) is 9.90 Å². The van der Waals surface area contributed by atoms with E-state index in [0.717, 1.165) is 0 Å². The molecule has 0 atom stereocenters. The zero-order valence-corrected chi connectivity index (χ0v) is 10.5. The van der Waals surface area contributed by atoms with Crippen LogP contribution in [-0.4, -0.2) is 23.3 Å². The van der Waals surface area contributed by atoms with Crippen molar-refractivity contribution in [1.29, 1.82) is 0 Å². The second kappa shape index (κ2) is 6.11. The fourth-order valence-electron chi connectivity index (χ4n) is 2.03. The molecule has 0 saturated heterocycles. The molecule has 1 N–H and O–H groups in total. The maximum Gasteiger partial charge on any atom is 0.335 e. The smallest absolute Gasteiger partial charge is 0.335 e. The van der Waals surface area contributed by atoms with Crippen LogP contribution in [0.1, 0.15) is 47.5 Å². The van der Waals surface area contributed by atoms with E-state index >= 15 is 0 Å². The second-order valence-corrected chi connectivity index (χ2v) is 4.93. The average molecular weight is 216 g/mol. The molecule has 0 aliphatic heterocycles. The molecule has 3 nitrogen and oxygen atoms in total. The van der Waals surface area contributed by atoms with Gasteiger partial charge in [0.05, 0.1) is 0 Å². The van der Waals surface area contributed by atoms with Gasteiger partial charge in [-0.1, -0.05) is 27.7 Å². The largest absolute Gasteiger partial charge is 0.479 e. The summed E-state index contributed by atoms with van der Waals surface area (Å²) in [6.45, 7) is 10.4. The van der Waals surface area contributed by atoms with Crippen molar-refractivity contribution >= 4 is 5.97 Å². The normalized spacial score (nSPS) is 12.5. The van der Waals surface area contributed by atoms with Gasteiger partial charge in [-0.15, -0.1) is 0 Å². The summed E-state index contributed by atoms with van der Waals surface area (Å²) in [5.41, 5.74) is -0.989. The van der Waals surface area contributed by atoms with Crippen molar-refractivity contribution in [2.75, 3.05) is 6.61 Å². The maximum atomic E-state index is 11.4. The van der Waals surface area contributed by atoms with Gasteiger partial charge in [-0.2, -0.15) is 0 Å². The molecular formula is C12H24O3. The van der Waals surface area contributed by atoms with Gasteiger partial charge in [0.25, 0.3) is 0 Å². The van der Waals surface area contributed by atoms with Crippen LogP contribution in [0.25, 0.3) is 0 Å². The zero-order valence-electron chi connectivity index (χ0n) is 10.5. The third kappa shape index (κ3) is 4.65. The van der Waals surface area contributed by atoms with Gasteiger partial charge in [0, 0.05) is 6.61 Å². The van der Waals surface area contributed by atoms with E-state index in [-0.39, 0.29) is 0 Å². The second-order valence-electron chi connectivity index (χ2n) is 4.93. The van der Waals surface area contributed by atoms with Crippen molar-refractivity contribution in [2.45, 2.75) is 53.1 Å². The molecule has 0 bridgehead atoms. The molecule has 0 aromatic rings. The Kier molecular flexibility index (Phi) is 5.88. The Morgan fingerprint density at radius 2 is 1.60 bits per heavy atom. The number of carboxylic acids is 1. The summed E-state index contributed by atoms with van der Waals surface area (Å²) in [5, 5.41) is 9.33. The van der Waals surface area contributed by atoms with E-state index in [0.29, 0.717) is 31.3 Å². The Balaban J connectivity index is 4.80. The summed E-state index contributed by atoms with van der Waals surface area (Å²) in [4.78, 5) is 11.4. The molecule has 0 spiro atoms. The molecule has 0 unspecified atom stereocenters. The first-order valence-corrected chi connectivity index (χ1v) is 5.71. The highest BCUT2D eigenvalue weighted by molar-refractivity contribution is 5.77. The van der Waals surface area contributed by atoms with Crippen molar-refractivity contribution in [3.05, 3.63) is 0 Å². The minimum atomic E-state index is -0.989. The predicted molar refractivity (Wildman–Crippen MR) is 60.9 cm³/mol. The van der Waals surface area contributed by atoms with Crippen molar-refractivity contribution in [1.82, 2.24) is 0 Å². The standard InChI is InChI=1S/C12H24O3/c1-6-15-12(11(13)14,7-9(2)3)8-10(4)5/h9-10H,6-8H2,1-5H3,(H,13,14). The zero-order chi connectivity index (χ0) is 12.1. The Morgan fingerprint density at radius 1 is 1.20 bits per heavy atom. The van der Waals surface area contributed by atoms with Crippen molar-refractivity contribution in [3.63, 3.8) is 0 Å². The van der Waals surface area contributed by atoms with Crippen LogP contribution in [0.4, 0.5) is 0 Å². The van der Waals surface area contributed by atoms with E-state index < -0.39 is 11.6 Å². The lowest BCUT2D eigenvalue weighted by atomic mass is 9.85. The van der Waals surface area contributed by atoms with E-state index in [1.165, 1.54) is 0 Å². The molecule has 0 amide bonds. The lowest BCUT2D eigenvalue weighted by Crippen LogP contribution is -2.44. The number of hydrogen-bond acceptors (Lipinski definition) is 2. The molecule has 0 rings (SSSR count). The minimum Gasteiger partial charge on any atom is -0.479 e. The molecule has 0 aromatic carbocycles. The van der Waals surface area contributed by atoms with Gasteiger partial charge in [-0.05, 0) is 31.6 Å². The fourth-order valence-corrected chi connectivity index (χ4v) is 2.03. The van der Waals surface area contributed by atoms with E-state index in [1.807, 2.05) is 34.6 Å². The molecular weight excluding hydrogens is 192 g/mol. The van der Waals surface area contributed by atoms with Crippen LogP contribution in [-0.2, 0) is 9.53 Å². The van der Waals surface area contributed by atoms with Gasteiger partial charge in [-0.25, -0.2) is 4.79 Å². The topological polar surface area (TPSA) is 46.5 Å². The van der Waals surface area contributed by atoms with Crippen LogP contribution in [0.2, 0.25) is 0 Å². The Labute approximate surface area is 92.8 Å². The first kappa shape index (κ1) is 14.4. The van der Waals surface area contributed by atoms with Gasteiger partial charge >= 0.3 is 5.97 Å². The Bertz CT molecular complexity index is 187. The lowest BCUT2D eigenvalue weighted by molar-refractivity contribution is -0.170. The van der Waals surface area contributed by atoms with Gasteiger partial charge < -0.3 is 9.84 Å². The highest BCUT2D eigenvalue weighted by Crippen LogP contribution is 2.29. The van der Waals surface area contributed by atoms with E-state index in [4.69, 9.17) is 4.74 Å². The summed E-state index contributed by atoms with van der Waals surface area (Å²) >= 11 is 0. The van der Waals surface area contributed by atoms with Gasteiger partial charge in [-0.3, -0.25) is 0 Å². The molecule has 0 aliphatic carbocycles. The average Bonchev–Trinajstić information content (AvgIpc) is 2.01. The monoisotopic (exact) mass is 216 g/mol. The highest BCUT2D eigenvalue weighted by Gasteiger charge is 2.40. The summed E-state index contributed by atoms with van der Waals surface area (Å²) < 4.78 is 5.51. The molecule has 0 fully saturated rings. The van der Waals surface area contributed by atoms with Gasteiger partial charge in [0.15, 0.2) is 5.60 Å². The van der Waals surface area contributed by atoms with Crippen LogP contribution in [0.5, 0.6) is 0 Å². The third-order valence-electron chi connectivity index (χ3n) is 2.29. The molecule has 3 heteroatoms. The summed E-state index contributed by atoms with van der Waals surface area (Å²) in [6.07, 6.45) is 1.16. The third-order valence-corrected chi connectivity index (χ3v) is 2.29. The molecule has 0 heterocycles. The number of carbonyl (C=O) groups is 1. The molecule has 90 valence electrons. The number of hydrogen-bond donors (Lipinski definition) is 1. The van der Waals surface area contributed by atoms with Crippen LogP contribution in [0.3, 0.4) is 0 Å². The predicted octanol–water partition coefficient (Wildman–Crippen LogP) is 2.94. The van der Waals surface area contributed by atoms with Crippen molar-refractivity contribution in [3.8, 4) is 0 Å². The molecule has 0 radical (unpaired) electrons. The fraction of sp³-hybridized carbons (Fsp3) is 0.917. The van der Waals surface area contributed by atoms with Crippen LogP contribution in [0, 0.1) is 11.8 Å². The van der Waals surface area contributed by atoms with Crippen molar-refractivity contribution < 1.29 is 14.6 Å². The van der Waals surface area contributed by atoms with Gasteiger partial charge in [0.2, 0.25) is 0 Å². The summed E-state index contributed by atoms with van der Waals surface area (Å²) in [5.74, 6) is -0.176. The van der Waals surface area contributed by atoms with Crippen LogP contribution >= 0.6 is 0 Å². The Hall–Kier alpha value is -0.570. The van der Waals surface area contributed by atoms with Crippen LogP contribution in [0.15, 0.2) is 0 Å². The first-order valence-electron chi connectivity index (χ1n) is 5.71. The number of aliphatic carboxylic acids is 1. The van der Waals surface area contributed by atoms with E-state index in [2.05, 4.69) is 0 Å². The highest BCUT2D eigenvalue weighted by atomic mass is 16.5. The van der Waals surface area contributed by atoms with Crippen LogP contribution < -0.4 is 0 Å². The minimum absolute atomic E-state index is 0.325. The number of ether oxygens (including phenoxy) is 1. The molecule has 0 saturated carbocycles. The first-order chi connectivity index (χ1) is 6.84. The Morgan fingerprint density at radius 3 is 1.80 bits per heavy atom. The number of carboxylic acid groups (broad SMARTS) is 1. The molecule has 0 aromatic heterocycles. The summed E-state index contributed by atoms with van der Waals surface area (Å²) in [6, 6.07) is 0. The molecule has 15 heavy (non-hydrogen) atoms. The van der Waals surface area contributed by atoms with E-state index in [1.54, 1.807) is 0 Å². The maximum absolute atomic E-state index is 11.4. The SMILES string of the molecule is CCOC(CC(C)C)(CC(C)C)C(=O)O. The molecule has 0 aliphatic rings. The number of rotatable bonds is 7. The van der Waals surface area contributed by atoms with Crippen molar-refractivity contribution in [2.24, 2.45) is 11.8 Å². The summed E-state index contributed by atoms with van der Waals surface area (Å²) in [7, 11) is 0.